The Morgan fingerprint density at radius 3 is 2.32 bits per heavy atom. The quantitative estimate of drug-likeness (QED) is 0.321. The molecule has 4 aromatic rings. The predicted molar refractivity (Wildman–Crippen MR) is 157 cm³/mol. The molecule has 0 aliphatic carbocycles. The Kier molecular flexibility index (Phi) is 8.37. The van der Waals surface area contributed by atoms with Gasteiger partial charge in [0.15, 0.2) is 0 Å². The first kappa shape index (κ1) is 29.8. The number of rotatable bonds is 8. The molecule has 0 saturated carbocycles. The van der Waals surface area contributed by atoms with Crippen LogP contribution in [-0.2, 0) is 17.5 Å². The second-order valence-corrected chi connectivity index (χ2v) is 11.4. The molecule has 2 aliphatic heterocycles. The fourth-order valence-electron chi connectivity index (χ4n) is 6.84. The Balaban J connectivity index is 1.38. The second-order valence-electron chi connectivity index (χ2n) is 11.4. The molecular weight excluding hydrogens is 571 g/mol. The molecule has 9 nitrogen and oxygen atoms in total. The van der Waals surface area contributed by atoms with Crippen LogP contribution in [0.4, 0.5) is 13.2 Å². The average molecular weight is 606 g/mol. The van der Waals surface area contributed by atoms with Crippen molar-refractivity contribution in [2.75, 3.05) is 26.7 Å². The lowest BCUT2D eigenvalue weighted by Crippen LogP contribution is -2.61. The number of fused-ring (bicyclic) bond motifs is 1. The molecule has 2 fully saturated rings. The van der Waals surface area contributed by atoms with Crippen LogP contribution >= 0.6 is 0 Å². The molecule has 6 rings (SSSR count). The molecule has 3 atom stereocenters. The number of benzene rings is 3. The molecule has 1 aromatic heterocycles. The minimum absolute atomic E-state index is 0.0196. The van der Waals surface area contributed by atoms with Crippen molar-refractivity contribution in [2.45, 2.75) is 50.1 Å². The van der Waals surface area contributed by atoms with Gasteiger partial charge in [-0.2, -0.15) is 17.9 Å². The summed E-state index contributed by atoms with van der Waals surface area (Å²) in [6.07, 6.45) is -3.87. The Labute approximate surface area is 253 Å². The number of nitrogens with zero attached hydrogens (tertiary/aromatic N) is 6. The van der Waals surface area contributed by atoms with Crippen LogP contribution in [-0.4, -0.2) is 80.8 Å². The highest BCUT2D eigenvalue weighted by molar-refractivity contribution is 5.73. The van der Waals surface area contributed by atoms with Crippen molar-refractivity contribution in [3.63, 3.8) is 0 Å². The number of hydrogen-bond donors (Lipinski definition) is 1. The third kappa shape index (κ3) is 6.04. The minimum Gasteiger partial charge on any atom is -0.496 e. The Bertz CT molecular complexity index is 1540. The van der Waals surface area contributed by atoms with Crippen molar-refractivity contribution in [3.8, 4) is 11.4 Å². The van der Waals surface area contributed by atoms with Gasteiger partial charge in [0.25, 0.3) is 5.82 Å². The molecule has 3 aromatic carbocycles. The minimum atomic E-state index is -4.71. The number of carbonyl (C=O) groups is 1. The first-order chi connectivity index (χ1) is 21.2. The molecule has 0 spiro atoms. The maximum atomic E-state index is 13.6. The van der Waals surface area contributed by atoms with Gasteiger partial charge in [-0.15, -0.1) is 5.10 Å². The molecule has 0 unspecified atom stereocenters. The maximum absolute atomic E-state index is 13.6. The SMILES string of the molecule is COc1ccc(-n2nnnc2C(F)(F)F)cc1CN1C[C@@H](C(c2ccccc2)c2ccccc2)N2CC[C@H](NC(C)=O)[C@@H]2C1. The number of alkyl halides is 3. The van der Waals surface area contributed by atoms with E-state index in [1.54, 1.807) is 26.2 Å². The smallest absolute Gasteiger partial charge is 0.453 e. The van der Waals surface area contributed by atoms with E-state index in [4.69, 9.17) is 4.74 Å². The van der Waals surface area contributed by atoms with Gasteiger partial charge in [0, 0.05) is 62.7 Å². The topological polar surface area (TPSA) is 88.4 Å². The molecule has 0 bridgehead atoms. The first-order valence-electron chi connectivity index (χ1n) is 14.6. The lowest BCUT2D eigenvalue weighted by molar-refractivity contribution is -0.146. The van der Waals surface area contributed by atoms with Crippen LogP contribution in [0.1, 0.15) is 41.8 Å². The van der Waals surface area contributed by atoms with Crippen molar-refractivity contribution >= 4 is 5.91 Å². The zero-order valence-electron chi connectivity index (χ0n) is 24.5. The number of tetrazole rings is 1. The molecule has 44 heavy (non-hydrogen) atoms. The highest BCUT2D eigenvalue weighted by atomic mass is 19.4. The van der Waals surface area contributed by atoms with Crippen molar-refractivity contribution in [1.29, 1.82) is 0 Å². The van der Waals surface area contributed by atoms with Gasteiger partial charge in [-0.1, -0.05) is 60.7 Å². The summed E-state index contributed by atoms with van der Waals surface area (Å²) in [5.74, 6) is -0.645. The summed E-state index contributed by atoms with van der Waals surface area (Å²) in [4.78, 5) is 17.0. The van der Waals surface area contributed by atoms with Crippen LogP contribution in [0.15, 0.2) is 78.9 Å². The van der Waals surface area contributed by atoms with Crippen molar-refractivity contribution in [3.05, 3.63) is 101 Å². The lowest BCUT2D eigenvalue weighted by Gasteiger charge is -2.48. The van der Waals surface area contributed by atoms with E-state index in [2.05, 4.69) is 79.2 Å². The molecule has 0 radical (unpaired) electrons. The molecule has 2 saturated heterocycles. The summed E-state index contributed by atoms with van der Waals surface area (Å²) in [5.41, 5.74) is 3.30. The zero-order valence-corrected chi connectivity index (χ0v) is 24.5. The number of amides is 1. The Morgan fingerprint density at radius 1 is 1.02 bits per heavy atom. The van der Waals surface area contributed by atoms with E-state index in [1.165, 1.54) is 17.2 Å². The van der Waals surface area contributed by atoms with E-state index in [1.807, 2.05) is 12.1 Å². The van der Waals surface area contributed by atoms with E-state index in [-0.39, 0.29) is 35.6 Å². The summed E-state index contributed by atoms with van der Waals surface area (Å²) < 4.78 is 47.2. The highest BCUT2D eigenvalue weighted by Gasteiger charge is 2.46. The van der Waals surface area contributed by atoms with Crippen LogP contribution in [0.3, 0.4) is 0 Å². The number of aromatic nitrogens is 4. The van der Waals surface area contributed by atoms with E-state index in [0.717, 1.165) is 13.0 Å². The fraction of sp³-hybridized carbons (Fsp3) is 0.375. The Morgan fingerprint density at radius 2 is 1.70 bits per heavy atom. The predicted octanol–water partition coefficient (Wildman–Crippen LogP) is 4.29. The molecule has 1 amide bonds. The summed E-state index contributed by atoms with van der Waals surface area (Å²) >= 11 is 0. The van der Waals surface area contributed by atoms with Gasteiger partial charge in [0.1, 0.15) is 5.75 Å². The summed E-state index contributed by atoms with van der Waals surface area (Å²) in [5, 5.41) is 13.3. The van der Waals surface area contributed by atoms with Gasteiger partial charge >= 0.3 is 6.18 Å². The normalized spacial score (nSPS) is 20.9. The van der Waals surface area contributed by atoms with Crippen LogP contribution in [0, 0.1) is 0 Å². The molecule has 12 heteroatoms. The number of nitrogens with one attached hydrogen (secondary N) is 1. The number of hydrogen-bond acceptors (Lipinski definition) is 7. The zero-order chi connectivity index (χ0) is 30.8. The third-order valence-corrected chi connectivity index (χ3v) is 8.62. The largest absolute Gasteiger partial charge is 0.496 e. The summed E-state index contributed by atoms with van der Waals surface area (Å²) in [6, 6.07) is 25.8. The van der Waals surface area contributed by atoms with E-state index in [0.29, 0.717) is 35.6 Å². The summed E-state index contributed by atoms with van der Waals surface area (Å²) in [6.45, 7) is 4.18. The van der Waals surface area contributed by atoms with Gasteiger partial charge in [0.2, 0.25) is 5.91 Å². The maximum Gasteiger partial charge on any atom is 0.453 e. The number of ether oxygens (including phenoxy) is 1. The summed E-state index contributed by atoms with van der Waals surface area (Å²) in [7, 11) is 1.54. The van der Waals surface area contributed by atoms with Gasteiger partial charge in [0.05, 0.1) is 12.8 Å². The number of piperazine rings is 1. The van der Waals surface area contributed by atoms with Crippen molar-refractivity contribution < 1.29 is 22.7 Å². The third-order valence-electron chi connectivity index (χ3n) is 8.62. The van der Waals surface area contributed by atoms with Gasteiger partial charge in [-0.3, -0.25) is 14.6 Å². The number of halogens is 3. The fourth-order valence-corrected chi connectivity index (χ4v) is 6.84. The highest BCUT2D eigenvalue weighted by Crippen LogP contribution is 2.39. The molecule has 230 valence electrons. The van der Waals surface area contributed by atoms with Crippen LogP contribution in [0.2, 0.25) is 0 Å². The number of carbonyl (C=O) groups excluding carboxylic acids is 1. The lowest BCUT2D eigenvalue weighted by atomic mass is 9.82. The second kappa shape index (κ2) is 12.4. The number of methoxy groups -OCH3 is 1. The van der Waals surface area contributed by atoms with Gasteiger partial charge in [-0.05, 0) is 46.2 Å². The monoisotopic (exact) mass is 605 g/mol. The molecule has 3 heterocycles. The van der Waals surface area contributed by atoms with Crippen LogP contribution < -0.4 is 10.1 Å². The van der Waals surface area contributed by atoms with Gasteiger partial charge in [-0.25, -0.2) is 0 Å². The molecule has 2 aliphatic rings. The van der Waals surface area contributed by atoms with Crippen molar-refractivity contribution in [1.82, 2.24) is 35.3 Å². The Hall–Kier alpha value is -4.29. The first-order valence-corrected chi connectivity index (χ1v) is 14.6. The van der Waals surface area contributed by atoms with E-state index < -0.39 is 12.0 Å². The van der Waals surface area contributed by atoms with Crippen LogP contribution in [0.5, 0.6) is 5.75 Å². The molecular formula is C32H34F3N7O2. The van der Waals surface area contributed by atoms with Crippen molar-refractivity contribution in [2.24, 2.45) is 0 Å². The van der Waals surface area contributed by atoms with Crippen LogP contribution in [0.25, 0.3) is 5.69 Å². The van der Waals surface area contributed by atoms with E-state index >= 15 is 0 Å². The average Bonchev–Trinajstić information content (AvgIpc) is 3.67. The van der Waals surface area contributed by atoms with E-state index in [9.17, 15) is 18.0 Å². The molecule has 1 N–H and O–H groups in total. The standard InChI is InChI=1S/C32H34F3N7O2/c1-21(43)36-26-15-16-41-27(26)19-40(20-28(41)30(22-9-5-3-6-10-22)23-11-7-4-8-12-23)18-24-17-25(13-14-29(24)44-2)42-31(32(33,34)35)37-38-39-42/h3-14,17,26-28,30H,15-16,18-20H2,1-2H3,(H,36,43)/t26-,27-,28-/m0/s1. The van der Waals surface area contributed by atoms with Gasteiger partial charge < -0.3 is 10.1 Å².